The number of imidazole rings is 1. The zero-order valence-corrected chi connectivity index (χ0v) is 24.1. The number of amides is 1. The van der Waals surface area contributed by atoms with Crippen LogP contribution in [0.25, 0.3) is 17.2 Å². The molecule has 1 fully saturated rings. The molecule has 0 radical (unpaired) electrons. The number of primary amides is 1. The minimum Gasteiger partial charge on any atom is -0.366 e. The fourth-order valence-electron chi connectivity index (χ4n) is 6.48. The van der Waals surface area contributed by atoms with E-state index in [4.69, 9.17) is 10.7 Å². The van der Waals surface area contributed by atoms with Crippen LogP contribution in [-0.4, -0.2) is 33.4 Å². The molecule has 1 aromatic heterocycles. The zero-order valence-electron chi connectivity index (χ0n) is 24.1. The summed E-state index contributed by atoms with van der Waals surface area (Å²) in [6.45, 7) is 4.62. The number of anilines is 1. The van der Waals surface area contributed by atoms with E-state index in [1.54, 1.807) is 0 Å². The van der Waals surface area contributed by atoms with Crippen LogP contribution in [0.3, 0.4) is 0 Å². The van der Waals surface area contributed by atoms with Gasteiger partial charge in [-0.15, -0.1) is 0 Å². The molecule has 216 valence electrons. The molecule has 1 saturated heterocycles. The molecular formula is C35H34N6O2. The first-order chi connectivity index (χ1) is 20.9. The molecular weight excluding hydrogens is 536 g/mol. The molecule has 4 aromatic carbocycles. The number of benzene rings is 4. The average Bonchev–Trinajstić information content (AvgIpc) is 3.37. The van der Waals surface area contributed by atoms with Crippen molar-refractivity contribution in [2.45, 2.75) is 38.5 Å². The fourth-order valence-corrected chi connectivity index (χ4v) is 6.48. The van der Waals surface area contributed by atoms with Crippen LogP contribution >= 0.6 is 0 Å². The van der Waals surface area contributed by atoms with Crippen molar-refractivity contribution in [1.82, 2.24) is 14.5 Å². The van der Waals surface area contributed by atoms with Crippen LogP contribution < -0.4 is 26.9 Å². The molecule has 2 aliphatic rings. The molecule has 3 heterocycles. The van der Waals surface area contributed by atoms with Gasteiger partial charge in [0.25, 0.3) is 0 Å². The number of fused-ring (bicyclic) bond motifs is 2. The first kappa shape index (κ1) is 26.9. The lowest BCUT2D eigenvalue weighted by Gasteiger charge is -2.33. The Kier molecular flexibility index (Phi) is 6.91. The maximum absolute atomic E-state index is 12.7. The first-order valence-electron chi connectivity index (χ1n) is 14.8. The lowest BCUT2D eigenvalue weighted by molar-refractivity contribution is 0.0999. The Morgan fingerprint density at radius 2 is 1.67 bits per heavy atom. The van der Waals surface area contributed by atoms with Crippen molar-refractivity contribution in [2.24, 2.45) is 10.7 Å². The molecule has 43 heavy (non-hydrogen) atoms. The highest BCUT2D eigenvalue weighted by molar-refractivity contribution is 5.94. The summed E-state index contributed by atoms with van der Waals surface area (Å²) in [7, 11) is 0. The van der Waals surface area contributed by atoms with Gasteiger partial charge in [0.15, 0.2) is 6.17 Å². The van der Waals surface area contributed by atoms with Crippen LogP contribution in [0.4, 0.5) is 5.69 Å². The number of carbonyl (C=O) groups is 1. The van der Waals surface area contributed by atoms with Crippen molar-refractivity contribution in [3.05, 3.63) is 134 Å². The molecule has 1 amide bonds. The Balaban J connectivity index is 1.11. The molecule has 8 heteroatoms. The van der Waals surface area contributed by atoms with Gasteiger partial charge in [-0.3, -0.25) is 19.3 Å². The largest absolute Gasteiger partial charge is 0.366 e. The topological polar surface area (TPSA) is 99.7 Å². The summed E-state index contributed by atoms with van der Waals surface area (Å²) in [6.07, 6.45) is 3.72. The van der Waals surface area contributed by atoms with Gasteiger partial charge in [-0.05, 0) is 72.9 Å². The number of hydrogen-bond donors (Lipinski definition) is 2. The van der Waals surface area contributed by atoms with Crippen molar-refractivity contribution >= 4 is 28.8 Å². The van der Waals surface area contributed by atoms with Crippen LogP contribution in [0.1, 0.15) is 52.1 Å². The van der Waals surface area contributed by atoms with E-state index in [-0.39, 0.29) is 17.9 Å². The van der Waals surface area contributed by atoms with Crippen LogP contribution in [0.15, 0.2) is 101 Å². The molecule has 1 unspecified atom stereocenters. The average molecular weight is 571 g/mol. The molecule has 1 atom stereocenters. The van der Waals surface area contributed by atoms with E-state index in [1.807, 2.05) is 66.1 Å². The van der Waals surface area contributed by atoms with Crippen molar-refractivity contribution < 1.29 is 4.79 Å². The Bertz CT molecular complexity index is 1990. The van der Waals surface area contributed by atoms with E-state index < -0.39 is 5.91 Å². The predicted octanol–water partition coefficient (Wildman–Crippen LogP) is 4.15. The Hall–Kier alpha value is -4.95. The zero-order chi connectivity index (χ0) is 29.5. The Morgan fingerprint density at radius 3 is 2.42 bits per heavy atom. The van der Waals surface area contributed by atoms with Crippen LogP contribution in [0, 0.1) is 6.92 Å². The Morgan fingerprint density at radius 1 is 0.953 bits per heavy atom. The summed E-state index contributed by atoms with van der Waals surface area (Å²) >= 11 is 0. The van der Waals surface area contributed by atoms with E-state index in [0.717, 1.165) is 70.9 Å². The number of para-hydroxylation sites is 2. The number of piperidine rings is 1. The Labute approximate surface area is 249 Å². The van der Waals surface area contributed by atoms with Crippen LogP contribution in [0.5, 0.6) is 0 Å². The second kappa shape index (κ2) is 11.0. The number of aryl methyl sites for hydroxylation is 1. The van der Waals surface area contributed by atoms with Gasteiger partial charge in [0.2, 0.25) is 5.91 Å². The number of nitrogens with zero attached hydrogens (tertiary/aromatic N) is 4. The minimum absolute atomic E-state index is 0.0195. The number of aromatic nitrogens is 2. The maximum atomic E-state index is 12.7. The minimum atomic E-state index is -0.438. The molecule has 2 aliphatic heterocycles. The predicted molar refractivity (Wildman–Crippen MR) is 169 cm³/mol. The number of rotatable bonds is 6. The van der Waals surface area contributed by atoms with Gasteiger partial charge in [0.05, 0.1) is 16.4 Å². The molecule has 0 bridgehead atoms. The highest BCUT2D eigenvalue weighted by Gasteiger charge is 2.25. The lowest BCUT2D eigenvalue weighted by atomic mass is 10.0. The number of hydrogen-bond acceptors (Lipinski definition) is 5. The number of aromatic amines is 1. The maximum Gasteiger partial charge on any atom is 0.326 e. The van der Waals surface area contributed by atoms with Gasteiger partial charge in [0, 0.05) is 48.3 Å². The van der Waals surface area contributed by atoms with E-state index in [9.17, 15) is 9.59 Å². The van der Waals surface area contributed by atoms with Gasteiger partial charge < -0.3 is 15.6 Å². The number of nitrogens with one attached hydrogen (secondary N) is 1. The number of carbonyl (C=O) groups excluding carboxylic acids is 1. The molecule has 0 aliphatic carbocycles. The summed E-state index contributed by atoms with van der Waals surface area (Å²) in [5.41, 5.74) is 12.2. The molecule has 3 N–H and O–H groups in total. The van der Waals surface area contributed by atoms with E-state index in [2.05, 4.69) is 57.4 Å². The van der Waals surface area contributed by atoms with Gasteiger partial charge in [-0.1, -0.05) is 54.6 Å². The summed E-state index contributed by atoms with van der Waals surface area (Å²) in [5.74, 6) is -0.438. The van der Waals surface area contributed by atoms with Crippen molar-refractivity contribution in [2.75, 3.05) is 18.0 Å². The van der Waals surface area contributed by atoms with E-state index in [1.165, 1.54) is 5.56 Å². The van der Waals surface area contributed by atoms with Crippen molar-refractivity contribution in [3.63, 3.8) is 0 Å². The van der Waals surface area contributed by atoms with Crippen LogP contribution in [-0.2, 0) is 6.54 Å². The quantitative estimate of drug-likeness (QED) is 0.320. The van der Waals surface area contributed by atoms with Crippen molar-refractivity contribution in [3.8, 4) is 0 Å². The normalized spacial score (nSPS) is 17.3. The molecule has 0 spiro atoms. The van der Waals surface area contributed by atoms with Gasteiger partial charge >= 0.3 is 5.69 Å². The summed E-state index contributed by atoms with van der Waals surface area (Å²) in [4.78, 5) is 37.4. The first-order valence-corrected chi connectivity index (χ1v) is 14.8. The third kappa shape index (κ3) is 5.15. The number of H-pyrrole nitrogens is 1. The lowest BCUT2D eigenvalue weighted by Crippen LogP contribution is -2.39. The summed E-state index contributed by atoms with van der Waals surface area (Å²) < 4.78 is 1.94. The molecule has 0 saturated carbocycles. The molecule has 7 rings (SSSR count). The van der Waals surface area contributed by atoms with Crippen molar-refractivity contribution in [1.29, 1.82) is 0 Å². The van der Waals surface area contributed by atoms with Gasteiger partial charge in [0.1, 0.15) is 0 Å². The van der Waals surface area contributed by atoms with Crippen LogP contribution in [0.2, 0.25) is 0 Å². The monoisotopic (exact) mass is 570 g/mol. The molecule has 5 aromatic rings. The SMILES string of the molecule is Cc1cc2c(cc1C(N)=O)=CN(c1ccc(CN3CCC(n4c(=O)[nH]c5ccccc54)CC3)cc1)C(c1ccccc1)N=2. The van der Waals surface area contributed by atoms with Gasteiger partial charge in [-0.25, -0.2) is 4.79 Å². The van der Waals surface area contributed by atoms with E-state index in [0.29, 0.717) is 5.56 Å². The van der Waals surface area contributed by atoms with E-state index >= 15 is 0 Å². The second-order valence-corrected chi connectivity index (χ2v) is 11.5. The summed E-state index contributed by atoms with van der Waals surface area (Å²) in [6, 6.07) is 30.8. The number of likely N-dealkylation sites (tertiary alicyclic amines) is 1. The second-order valence-electron chi connectivity index (χ2n) is 11.5. The third-order valence-corrected chi connectivity index (χ3v) is 8.73. The molecule has 8 nitrogen and oxygen atoms in total. The summed E-state index contributed by atoms with van der Waals surface area (Å²) in [5, 5.41) is 1.72. The standard InChI is InChI=1S/C35H34N6O2/c1-23-19-31-26(20-29(23)33(36)42)22-40(34(37-31)25-7-3-2-4-8-25)27-13-11-24(12-14-27)21-39-17-15-28(16-18-39)41-32-10-6-5-9-30(32)38-35(41)43/h2-14,19-20,22,28,34H,15-18,21H2,1H3,(H2,36,42)(H,38,43). The fraction of sp³-hybridized carbons (Fsp3) is 0.229. The number of nitrogens with two attached hydrogens (primary N) is 1. The van der Waals surface area contributed by atoms with Gasteiger partial charge in [-0.2, -0.15) is 0 Å². The highest BCUT2D eigenvalue weighted by Crippen LogP contribution is 2.31. The smallest absolute Gasteiger partial charge is 0.326 e. The highest BCUT2D eigenvalue weighted by atomic mass is 16.1. The third-order valence-electron chi connectivity index (χ3n) is 8.73.